The largest absolute Gasteiger partial charge is 0.495 e. The van der Waals surface area contributed by atoms with Gasteiger partial charge in [0.05, 0.1) is 30.3 Å². The van der Waals surface area contributed by atoms with E-state index in [4.69, 9.17) is 4.74 Å². The molecular weight excluding hydrogens is 348 g/mol. The van der Waals surface area contributed by atoms with Gasteiger partial charge >= 0.3 is 6.03 Å². The minimum Gasteiger partial charge on any atom is -0.495 e. The Hall–Kier alpha value is -2.54. The number of hydrogen-bond donors (Lipinski definition) is 3. The summed E-state index contributed by atoms with van der Waals surface area (Å²) < 4.78 is 6.07. The number of amides is 2. The Balaban J connectivity index is 1.81. The number of ether oxygens (including phenoxy) is 1. The average Bonchev–Trinajstić information content (AvgIpc) is 2.97. The van der Waals surface area contributed by atoms with E-state index in [0.717, 1.165) is 9.99 Å². The highest BCUT2D eigenvalue weighted by atomic mass is 79.9. The van der Waals surface area contributed by atoms with Gasteiger partial charge in [0.1, 0.15) is 11.3 Å². The highest BCUT2D eigenvalue weighted by Gasteiger charge is 2.10. The number of imidazole rings is 1. The van der Waals surface area contributed by atoms with Gasteiger partial charge in [0.15, 0.2) is 0 Å². The molecule has 22 heavy (non-hydrogen) atoms. The molecule has 3 aromatic rings. The van der Waals surface area contributed by atoms with Crippen LogP contribution in [-0.4, -0.2) is 23.1 Å². The van der Waals surface area contributed by atoms with E-state index in [9.17, 15) is 4.79 Å². The molecule has 0 aliphatic carbocycles. The fourth-order valence-electron chi connectivity index (χ4n) is 2.12. The van der Waals surface area contributed by atoms with E-state index in [1.807, 2.05) is 18.2 Å². The number of nitrogens with one attached hydrogen (secondary N) is 3. The SMILES string of the molecule is COc1ccc(Br)cc1NC(=O)Nc1cccc2[nH]cnc12. The van der Waals surface area contributed by atoms with Crippen LogP contribution in [0, 0.1) is 0 Å². The number of carbonyl (C=O) groups excluding carboxylic acids is 1. The fraction of sp³-hybridized carbons (Fsp3) is 0.0667. The van der Waals surface area contributed by atoms with Crippen LogP contribution < -0.4 is 15.4 Å². The highest BCUT2D eigenvalue weighted by molar-refractivity contribution is 9.10. The summed E-state index contributed by atoms with van der Waals surface area (Å²) in [6, 6.07) is 10.5. The van der Waals surface area contributed by atoms with Crippen molar-refractivity contribution in [3.8, 4) is 5.75 Å². The molecule has 0 aliphatic rings. The molecule has 2 amide bonds. The molecule has 3 rings (SSSR count). The number of halogens is 1. The van der Waals surface area contributed by atoms with Crippen LogP contribution in [0.15, 0.2) is 47.2 Å². The zero-order chi connectivity index (χ0) is 15.5. The molecule has 1 heterocycles. The van der Waals surface area contributed by atoms with Gasteiger partial charge in [-0.05, 0) is 30.3 Å². The Kier molecular flexibility index (Phi) is 3.97. The minimum absolute atomic E-state index is 0.369. The molecule has 1 aromatic heterocycles. The number of fused-ring (bicyclic) bond motifs is 1. The van der Waals surface area contributed by atoms with E-state index in [0.29, 0.717) is 22.6 Å². The van der Waals surface area contributed by atoms with E-state index in [1.165, 1.54) is 0 Å². The summed E-state index contributed by atoms with van der Waals surface area (Å²) in [5.74, 6) is 0.580. The number of hydrogen-bond acceptors (Lipinski definition) is 3. The molecule has 112 valence electrons. The van der Waals surface area contributed by atoms with Gasteiger partial charge in [0.25, 0.3) is 0 Å². The third-order valence-electron chi connectivity index (χ3n) is 3.11. The number of methoxy groups -OCH3 is 1. The van der Waals surface area contributed by atoms with Crippen molar-refractivity contribution < 1.29 is 9.53 Å². The summed E-state index contributed by atoms with van der Waals surface area (Å²) in [4.78, 5) is 19.4. The van der Waals surface area contributed by atoms with Gasteiger partial charge in [0, 0.05) is 4.47 Å². The number of rotatable bonds is 3. The standard InChI is InChI=1S/C15H13BrN4O2/c1-22-13-6-5-9(16)7-12(13)20-15(21)19-11-4-2-3-10-14(11)18-8-17-10/h2-8H,1H3,(H,17,18)(H2,19,20,21). The van der Waals surface area contributed by atoms with Gasteiger partial charge in [-0.15, -0.1) is 0 Å². The quantitative estimate of drug-likeness (QED) is 0.660. The minimum atomic E-state index is -0.369. The van der Waals surface area contributed by atoms with Crippen molar-refractivity contribution in [3.63, 3.8) is 0 Å². The second-order valence-corrected chi connectivity index (χ2v) is 5.44. The van der Waals surface area contributed by atoms with Crippen molar-refractivity contribution in [2.45, 2.75) is 0 Å². The van der Waals surface area contributed by atoms with Gasteiger partial charge in [-0.3, -0.25) is 0 Å². The zero-order valence-corrected chi connectivity index (χ0v) is 13.3. The molecule has 0 saturated carbocycles. The Morgan fingerprint density at radius 3 is 2.86 bits per heavy atom. The summed E-state index contributed by atoms with van der Waals surface area (Å²) in [5.41, 5.74) is 2.77. The predicted octanol–water partition coefficient (Wildman–Crippen LogP) is 3.98. The third-order valence-corrected chi connectivity index (χ3v) is 3.60. The molecule has 0 aliphatic heterocycles. The molecule has 0 bridgehead atoms. The van der Waals surface area contributed by atoms with Gasteiger partial charge in [-0.2, -0.15) is 0 Å². The van der Waals surface area contributed by atoms with Crippen LogP contribution in [0.2, 0.25) is 0 Å². The first-order valence-electron chi connectivity index (χ1n) is 6.51. The number of nitrogens with zero attached hydrogens (tertiary/aromatic N) is 1. The zero-order valence-electron chi connectivity index (χ0n) is 11.7. The lowest BCUT2D eigenvalue weighted by atomic mass is 10.2. The molecular formula is C15H13BrN4O2. The summed E-state index contributed by atoms with van der Waals surface area (Å²) >= 11 is 3.37. The molecule has 0 unspecified atom stereocenters. The smallest absolute Gasteiger partial charge is 0.323 e. The predicted molar refractivity (Wildman–Crippen MR) is 89.4 cm³/mol. The van der Waals surface area contributed by atoms with E-state index in [-0.39, 0.29) is 6.03 Å². The molecule has 0 saturated heterocycles. The van der Waals surface area contributed by atoms with E-state index in [1.54, 1.807) is 31.6 Å². The molecule has 3 N–H and O–H groups in total. The summed E-state index contributed by atoms with van der Waals surface area (Å²) in [6.45, 7) is 0. The van der Waals surface area contributed by atoms with Crippen molar-refractivity contribution in [1.29, 1.82) is 0 Å². The Bertz CT molecular complexity index is 831. The first-order valence-corrected chi connectivity index (χ1v) is 7.30. The molecule has 2 aromatic carbocycles. The molecule has 0 spiro atoms. The van der Waals surface area contributed by atoms with Gasteiger partial charge in [0.2, 0.25) is 0 Å². The topological polar surface area (TPSA) is 79.0 Å². The van der Waals surface area contributed by atoms with E-state index in [2.05, 4.69) is 36.5 Å². The Morgan fingerprint density at radius 2 is 2.05 bits per heavy atom. The van der Waals surface area contributed by atoms with Crippen LogP contribution in [-0.2, 0) is 0 Å². The second kappa shape index (κ2) is 6.07. The lowest BCUT2D eigenvalue weighted by molar-refractivity contribution is 0.262. The normalized spacial score (nSPS) is 10.5. The molecule has 0 atom stereocenters. The summed E-state index contributed by atoms with van der Waals surface area (Å²) in [7, 11) is 1.55. The monoisotopic (exact) mass is 360 g/mol. The van der Waals surface area contributed by atoms with Crippen molar-refractivity contribution in [2.24, 2.45) is 0 Å². The third kappa shape index (κ3) is 2.89. The lowest BCUT2D eigenvalue weighted by Crippen LogP contribution is -2.20. The lowest BCUT2D eigenvalue weighted by Gasteiger charge is -2.11. The number of urea groups is 1. The Morgan fingerprint density at radius 1 is 1.23 bits per heavy atom. The van der Waals surface area contributed by atoms with Crippen molar-refractivity contribution in [2.75, 3.05) is 17.7 Å². The maximum Gasteiger partial charge on any atom is 0.323 e. The molecule has 0 fully saturated rings. The second-order valence-electron chi connectivity index (χ2n) is 4.53. The maximum atomic E-state index is 12.2. The fourth-order valence-corrected chi connectivity index (χ4v) is 2.48. The van der Waals surface area contributed by atoms with Crippen molar-refractivity contribution in [3.05, 3.63) is 47.2 Å². The number of aromatic amines is 1. The highest BCUT2D eigenvalue weighted by Crippen LogP contribution is 2.28. The number of carbonyl (C=O) groups is 1. The number of anilines is 2. The number of benzene rings is 2. The van der Waals surface area contributed by atoms with Crippen LogP contribution >= 0.6 is 15.9 Å². The van der Waals surface area contributed by atoms with Crippen LogP contribution in [0.1, 0.15) is 0 Å². The van der Waals surface area contributed by atoms with Crippen molar-refractivity contribution in [1.82, 2.24) is 9.97 Å². The van der Waals surface area contributed by atoms with Crippen LogP contribution in [0.5, 0.6) is 5.75 Å². The van der Waals surface area contributed by atoms with Crippen LogP contribution in [0.25, 0.3) is 11.0 Å². The number of para-hydroxylation sites is 1. The van der Waals surface area contributed by atoms with Crippen LogP contribution in [0.4, 0.5) is 16.2 Å². The maximum absolute atomic E-state index is 12.2. The first-order chi connectivity index (χ1) is 10.7. The average molecular weight is 361 g/mol. The number of aromatic nitrogens is 2. The molecule has 6 nitrogen and oxygen atoms in total. The van der Waals surface area contributed by atoms with Crippen molar-refractivity contribution >= 4 is 44.4 Å². The Labute approximate surface area is 135 Å². The van der Waals surface area contributed by atoms with E-state index < -0.39 is 0 Å². The van der Waals surface area contributed by atoms with Gasteiger partial charge in [-0.1, -0.05) is 22.0 Å². The first kappa shape index (κ1) is 14.4. The summed E-state index contributed by atoms with van der Waals surface area (Å²) in [5, 5.41) is 5.55. The van der Waals surface area contributed by atoms with E-state index >= 15 is 0 Å². The van der Waals surface area contributed by atoms with Crippen LogP contribution in [0.3, 0.4) is 0 Å². The van der Waals surface area contributed by atoms with Gasteiger partial charge < -0.3 is 20.4 Å². The molecule has 0 radical (unpaired) electrons. The van der Waals surface area contributed by atoms with Gasteiger partial charge in [-0.25, -0.2) is 9.78 Å². The number of H-pyrrole nitrogens is 1. The summed E-state index contributed by atoms with van der Waals surface area (Å²) in [6.07, 6.45) is 1.59. The molecule has 7 heteroatoms.